The molecule has 6 heteroatoms. The Morgan fingerprint density at radius 2 is 2.05 bits per heavy atom. The highest BCUT2D eigenvalue weighted by molar-refractivity contribution is 5.85. The number of hydrogen-bond donors (Lipinski definition) is 1. The Hall–Kier alpha value is -2.50. The highest BCUT2D eigenvalue weighted by Crippen LogP contribution is 2.16. The van der Waals surface area contributed by atoms with Crippen LogP contribution in [0.25, 0.3) is 0 Å². The molecule has 0 spiro atoms. The molecule has 1 N–H and O–H groups in total. The standard InChI is InChI=1S/C13H14N2O4/c1-15-12(7-11(14-15)13(16)17)19-8-9-3-5-10(18-2)6-4-9/h3-7H,8H2,1-2H3,(H,16,17). The molecule has 100 valence electrons. The lowest BCUT2D eigenvalue weighted by Crippen LogP contribution is -2.01. The second kappa shape index (κ2) is 5.43. The number of carboxylic acid groups (broad SMARTS) is 1. The smallest absolute Gasteiger partial charge is 0.356 e. The Morgan fingerprint density at radius 1 is 1.37 bits per heavy atom. The molecule has 0 atom stereocenters. The highest BCUT2D eigenvalue weighted by Gasteiger charge is 2.11. The topological polar surface area (TPSA) is 73.6 Å². The fraction of sp³-hybridized carbons (Fsp3) is 0.231. The van der Waals surface area contributed by atoms with Crippen LogP contribution in [0, 0.1) is 0 Å². The number of carbonyl (C=O) groups is 1. The number of benzene rings is 1. The van der Waals surface area contributed by atoms with Crippen LogP contribution in [0.3, 0.4) is 0 Å². The summed E-state index contributed by atoms with van der Waals surface area (Å²) in [4.78, 5) is 10.8. The van der Waals surface area contributed by atoms with Gasteiger partial charge in [-0.15, -0.1) is 0 Å². The maximum absolute atomic E-state index is 10.8. The monoisotopic (exact) mass is 262 g/mol. The predicted molar refractivity (Wildman–Crippen MR) is 67.5 cm³/mol. The van der Waals surface area contributed by atoms with Crippen molar-refractivity contribution in [2.45, 2.75) is 6.61 Å². The van der Waals surface area contributed by atoms with E-state index >= 15 is 0 Å². The van der Waals surface area contributed by atoms with Crippen molar-refractivity contribution in [2.24, 2.45) is 7.05 Å². The molecule has 0 unspecified atom stereocenters. The van der Waals surface area contributed by atoms with E-state index in [1.54, 1.807) is 14.2 Å². The maximum atomic E-state index is 10.8. The van der Waals surface area contributed by atoms with E-state index < -0.39 is 5.97 Å². The Labute approximate surface area is 110 Å². The van der Waals surface area contributed by atoms with Gasteiger partial charge >= 0.3 is 5.97 Å². The second-order valence-electron chi connectivity index (χ2n) is 3.93. The lowest BCUT2D eigenvalue weighted by Gasteiger charge is -2.06. The van der Waals surface area contributed by atoms with Crippen LogP contribution in [0.2, 0.25) is 0 Å². The molecule has 1 aromatic heterocycles. The van der Waals surface area contributed by atoms with Gasteiger partial charge in [0.1, 0.15) is 12.4 Å². The zero-order valence-electron chi connectivity index (χ0n) is 10.7. The van der Waals surface area contributed by atoms with E-state index in [0.29, 0.717) is 12.5 Å². The van der Waals surface area contributed by atoms with Gasteiger partial charge in [-0.1, -0.05) is 12.1 Å². The summed E-state index contributed by atoms with van der Waals surface area (Å²) in [5, 5.41) is 12.6. The van der Waals surface area contributed by atoms with E-state index in [-0.39, 0.29) is 5.69 Å². The van der Waals surface area contributed by atoms with Crippen molar-refractivity contribution in [1.29, 1.82) is 0 Å². The average molecular weight is 262 g/mol. The quantitative estimate of drug-likeness (QED) is 0.887. The van der Waals surface area contributed by atoms with Gasteiger partial charge in [0.25, 0.3) is 0 Å². The lowest BCUT2D eigenvalue weighted by atomic mass is 10.2. The van der Waals surface area contributed by atoms with Crippen LogP contribution in [0.4, 0.5) is 0 Å². The molecule has 2 aromatic rings. The SMILES string of the molecule is COc1ccc(COc2cc(C(=O)O)nn2C)cc1. The maximum Gasteiger partial charge on any atom is 0.356 e. The van der Waals surface area contributed by atoms with Crippen LogP contribution in [0.15, 0.2) is 30.3 Å². The average Bonchev–Trinajstić information content (AvgIpc) is 2.79. The van der Waals surface area contributed by atoms with E-state index in [1.807, 2.05) is 24.3 Å². The third-order valence-corrected chi connectivity index (χ3v) is 2.60. The number of methoxy groups -OCH3 is 1. The first kappa shape index (κ1) is 12.9. The molecule has 0 amide bonds. The van der Waals surface area contributed by atoms with E-state index in [0.717, 1.165) is 11.3 Å². The van der Waals surface area contributed by atoms with Crippen LogP contribution in [0.5, 0.6) is 11.6 Å². The lowest BCUT2D eigenvalue weighted by molar-refractivity contribution is 0.0689. The third-order valence-electron chi connectivity index (χ3n) is 2.60. The van der Waals surface area contributed by atoms with Crippen molar-refractivity contribution in [1.82, 2.24) is 9.78 Å². The van der Waals surface area contributed by atoms with Gasteiger partial charge in [-0.3, -0.25) is 0 Å². The number of aryl methyl sites for hydroxylation is 1. The molecule has 1 heterocycles. The fourth-order valence-electron chi connectivity index (χ4n) is 1.57. The normalized spacial score (nSPS) is 10.2. The summed E-state index contributed by atoms with van der Waals surface area (Å²) in [5.41, 5.74) is 0.922. The van der Waals surface area contributed by atoms with Gasteiger partial charge in [-0.05, 0) is 17.7 Å². The molecule has 19 heavy (non-hydrogen) atoms. The van der Waals surface area contributed by atoms with E-state index in [1.165, 1.54) is 10.7 Å². The molecule has 0 saturated heterocycles. The molecule has 0 saturated carbocycles. The second-order valence-corrected chi connectivity index (χ2v) is 3.93. The van der Waals surface area contributed by atoms with Crippen molar-refractivity contribution in [2.75, 3.05) is 7.11 Å². The Bertz CT molecular complexity index is 575. The number of ether oxygens (including phenoxy) is 2. The third kappa shape index (κ3) is 3.04. The van der Waals surface area contributed by atoms with Crippen LogP contribution in [-0.2, 0) is 13.7 Å². The summed E-state index contributed by atoms with van der Waals surface area (Å²) in [7, 11) is 3.24. The molecule has 0 radical (unpaired) electrons. The Balaban J connectivity index is 2.03. The van der Waals surface area contributed by atoms with Gasteiger partial charge in [-0.25, -0.2) is 9.48 Å². The van der Waals surface area contributed by atoms with Gasteiger partial charge in [0.05, 0.1) is 7.11 Å². The number of hydrogen-bond acceptors (Lipinski definition) is 4. The summed E-state index contributed by atoms with van der Waals surface area (Å²) in [5.74, 6) is 0.112. The first-order chi connectivity index (χ1) is 9.10. The molecule has 0 aliphatic heterocycles. The van der Waals surface area contributed by atoms with E-state index in [9.17, 15) is 4.79 Å². The summed E-state index contributed by atoms with van der Waals surface area (Å²) in [6, 6.07) is 8.84. The molecule has 0 aliphatic carbocycles. The molecular weight excluding hydrogens is 248 g/mol. The molecule has 0 aliphatic rings. The van der Waals surface area contributed by atoms with E-state index in [2.05, 4.69) is 5.10 Å². The minimum Gasteiger partial charge on any atom is -0.497 e. The zero-order valence-corrected chi connectivity index (χ0v) is 10.7. The predicted octanol–water partition coefficient (Wildman–Crippen LogP) is 1.71. The molecule has 0 bridgehead atoms. The van der Waals surface area contributed by atoms with Crippen LogP contribution in [-0.4, -0.2) is 28.0 Å². The fourth-order valence-corrected chi connectivity index (χ4v) is 1.57. The van der Waals surface area contributed by atoms with Crippen LogP contribution in [0.1, 0.15) is 16.1 Å². The van der Waals surface area contributed by atoms with Gasteiger partial charge < -0.3 is 14.6 Å². The summed E-state index contributed by atoms with van der Waals surface area (Å²) in [6.45, 7) is 0.336. The number of aromatic nitrogens is 2. The zero-order chi connectivity index (χ0) is 13.8. The first-order valence-corrected chi connectivity index (χ1v) is 5.63. The van der Waals surface area contributed by atoms with Crippen molar-refractivity contribution in [3.63, 3.8) is 0 Å². The highest BCUT2D eigenvalue weighted by atomic mass is 16.5. The number of aromatic carboxylic acids is 1. The molecular formula is C13H14N2O4. The molecule has 6 nitrogen and oxygen atoms in total. The van der Waals surface area contributed by atoms with E-state index in [4.69, 9.17) is 14.6 Å². The summed E-state index contributed by atoms with van der Waals surface area (Å²) >= 11 is 0. The number of nitrogens with zero attached hydrogens (tertiary/aromatic N) is 2. The molecule has 2 rings (SSSR count). The first-order valence-electron chi connectivity index (χ1n) is 5.63. The summed E-state index contributed by atoms with van der Waals surface area (Å²) in [6.07, 6.45) is 0. The Morgan fingerprint density at radius 3 is 2.58 bits per heavy atom. The van der Waals surface area contributed by atoms with Crippen molar-refractivity contribution in [3.8, 4) is 11.6 Å². The molecule has 1 aromatic carbocycles. The van der Waals surface area contributed by atoms with Crippen LogP contribution >= 0.6 is 0 Å². The number of rotatable bonds is 5. The minimum atomic E-state index is -1.07. The summed E-state index contributed by atoms with van der Waals surface area (Å²) < 4.78 is 12.0. The van der Waals surface area contributed by atoms with Crippen molar-refractivity contribution >= 4 is 5.97 Å². The van der Waals surface area contributed by atoms with Crippen molar-refractivity contribution < 1.29 is 19.4 Å². The van der Waals surface area contributed by atoms with Gasteiger partial charge in [-0.2, -0.15) is 5.10 Å². The Kier molecular flexibility index (Phi) is 3.70. The van der Waals surface area contributed by atoms with Gasteiger partial charge in [0.15, 0.2) is 5.69 Å². The number of carboxylic acids is 1. The van der Waals surface area contributed by atoms with Crippen LogP contribution < -0.4 is 9.47 Å². The minimum absolute atomic E-state index is 0.0350. The largest absolute Gasteiger partial charge is 0.497 e. The molecule has 0 fully saturated rings. The van der Waals surface area contributed by atoms with Crippen molar-refractivity contribution in [3.05, 3.63) is 41.6 Å². The van der Waals surface area contributed by atoms with Gasteiger partial charge in [0.2, 0.25) is 5.88 Å². The van der Waals surface area contributed by atoms with Gasteiger partial charge in [0, 0.05) is 13.1 Å².